The summed E-state index contributed by atoms with van der Waals surface area (Å²) in [7, 11) is 0. The molecule has 120 valence electrons. The van der Waals surface area contributed by atoms with E-state index in [9.17, 15) is 9.18 Å². The fourth-order valence-electron chi connectivity index (χ4n) is 2.52. The summed E-state index contributed by atoms with van der Waals surface area (Å²) in [4.78, 5) is 15.5. The molecular weight excluding hydrogens is 295 g/mol. The van der Waals surface area contributed by atoms with Gasteiger partial charge >= 0.3 is 0 Å². The maximum atomic E-state index is 13.3. The van der Waals surface area contributed by atoms with Crippen molar-refractivity contribution in [2.75, 3.05) is 5.32 Å². The molecule has 1 amide bonds. The molecule has 0 aliphatic rings. The van der Waals surface area contributed by atoms with Gasteiger partial charge in [0.15, 0.2) is 0 Å². The van der Waals surface area contributed by atoms with E-state index in [0.717, 1.165) is 30.5 Å². The zero-order valence-electron chi connectivity index (χ0n) is 13.2. The third kappa shape index (κ3) is 3.11. The number of fused-ring (bicyclic) bond motifs is 1. The number of nitrogens with zero attached hydrogens (tertiary/aromatic N) is 2. The second-order valence-electron chi connectivity index (χ2n) is 5.62. The molecule has 0 radical (unpaired) electrons. The Morgan fingerprint density at radius 2 is 2.22 bits per heavy atom. The number of nitrogens with one attached hydrogen (secondary N) is 2. The first-order valence-corrected chi connectivity index (χ1v) is 7.70. The molecule has 0 saturated carbocycles. The number of anilines is 1. The smallest absolute Gasteiger partial charge is 0.273 e. The van der Waals surface area contributed by atoms with Crippen molar-refractivity contribution >= 4 is 22.6 Å². The molecule has 3 rings (SSSR count). The van der Waals surface area contributed by atoms with Gasteiger partial charge in [-0.2, -0.15) is 5.10 Å². The average molecular weight is 314 g/mol. The number of carbonyl (C=O) groups is 1. The first-order valence-electron chi connectivity index (χ1n) is 7.70. The van der Waals surface area contributed by atoms with Crippen molar-refractivity contribution in [3.05, 3.63) is 47.5 Å². The number of benzene rings is 1. The zero-order chi connectivity index (χ0) is 16.4. The minimum atomic E-state index is -0.322. The van der Waals surface area contributed by atoms with Crippen molar-refractivity contribution < 1.29 is 9.18 Å². The van der Waals surface area contributed by atoms with Crippen LogP contribution in [0.1, 0.15) is 35.8 Å². The summed E-state index contributed by atoms with van der Waals surface area (Å²) in [5.41, 5.74) is 2.04. The first kappa shape index (κ1) is 15.3. The molecule has 0 aliphatic heterocycles. The second-order valence-corrected chi connectivity index (χ2v) is 5.62. The molecule has 3 aromatic rings. The molecule has 0 aliphatic carbocycles. The highest BCUT2D eigenvalue weighted by Gasteiger charge is 2.14. The molecule has 0 spiro atoms. The average Bonchev–Trinajstić information content (AvgIpc) is 3.09. The van der Waals surface area contributed by atoms with Crippen LogP contribution in [-0.4, -0.2) is 20.7 Å². The number of aromatic nitrogens is 3. The van der Waals surface area contributed by atoms with Gasteiger partial charge in [0.05, 0.1) is 6.20 Å². The highest BCUT2D eigenvalue weighted by Crippen LogP contribution is 2.19. The summed E-state index contributed by atoms with van der Waals surface area (Å²) in [6.45, 7) is 4.78. The van der Waals surface area contributed by atoms with E-state index in [1.165, 1.54) is 12.1 Å². The Morgan fingerprint density at radius 1 is 1.39 bits per heavy atom. The Bertz CT molecular complexity index is 850. The monoisotopic (exact) mass is 314 g/mol. The van der Waals surface area contributed by atoms with E-state index < -0.39 is 0 Å². The molecule has 0 saturated heterocycles. The van der Waals surface area contributed by atoms with Gasteiger partial charge in [-0.3, -0.25) is 4.79 Å². The maximum Gasteiger partial charge on any atom is 0.273 e. The van der Waals surface area contributed by atoms with Gasteiger partial charge < -0.3 is 10.3 Å². The number of amides is 1. The van der Waals surface area contributed by atoms with Crippen LogP contribution >= 0.6 is 0 Å². The topological polar surface area (TPSA) is 62.7 Å². The number of aromatic amines is 1. The molecule has 5 nitrogen and oxygen atoms in total. The molecule has 2 N–H and O–H groups in total. The lowest BCUT2D eigenvalue weighted by Crippen LogP contribution is -2.17. The van der Waals surface area contributed by atoms with E-state index in [1.807, 2.05) is 6.92 Å². The summed E-state index contributed by atoms with van der Waals surface area (Å²) < 4.78 is 15.1. The lowest BCUT2D eigenvalue weighted by molar-refractivity contribution is 0.102. The van der Waals surface area contributed by atoms with Gasteiger partial charge in [-0.25, -0.2) is 9.07 Å². The van der Waals surface area contributed by atoms with E-state index >= 15 is 0 Å². The van der Waals surface area contributed by atoms with Crippen LogP contribution in [0.2, 0.25) is 0 Å². The number of H-pyrrole nitrogens is 1. The van der Waals surface area contributed by atoms with Gasteiger partial charge in [-0.1, -0.05) is 13.3 Å². The Kier molecular flexibility index (Phi) is 4.14. The normalized spacial score (nSPS) is 11.1. The summed E-state index contributed by atoms with van der Waals surface area (Å²) in [6, 6.07) is 6.04. The van der Waals surface area contributed by atoms with Gasteiger partial charge in [-0.05, 0) is 37.6 Å². The second kappa shape index (κ2) is 6.24. The molecule has 0 fully saturated rings. The van der Waals surface area contributed by atoms with Crippen molar-refractivity contribution in [1.82, 2.24) is 14.8 Å². The molecule has 0 atom stereocenters. The largest absolute Gasteiger partial charge is 0.351 e. The number of hydrogen-bond donors (Lipinski definition) is 2. The molecule has 2 heterocycles. The molecule has 0 unspecified atom stereocenters. The number of unbranched alkanes of at least 4 members (excludes halogenated alkanes) is 1. The number of halogens is 1. The van der Waals surface area contributed by atoms with E-state index in [0.29, 0.717) is 16.9 Å². The molecule has 1 aromatic carbocycles. The minimum Gasteiger partial charge on any atom is -0.351 e. The fourth-order valence-corrected chi connectivity index (χ4v) is 2.52. The lowest BCUT2D eigenvalue weighted by atomic mass is 10.2. The van der Waals surface area contributed by atoms with Crippen LogP contribution in [-0.2, 0) is 6.54 Å². The van der Waals surface area contributed by atoms with Crippen LogP contribution < -0.4 is 5.32 Å². The SMILES string of the molecule is CCCCn1ncc(C)c1NC(=O)c1cc2cc(F)ccc2[nH]1. The predicted molar refractivity (Wildman–Crippen MR) is 88.1 cm³/mol. The summed E-state index contributed by atoms with van der Waals surface area (Å²) >= 11 is 0. The highest BCUT2D eigenvalue weighted by atomic mass is 19.1. The molecular formula is C17H19FN4O. The van der Waals surface area contributed by atoms with E-state index in [1.54, 1.807) is 23.0 Å². The van der Waals surface area contributed by atoms with Crippen molar-refractivity contribution in [2.45, 2.75) is 33.2 Å². The molecule has 0 bridgehead atoms. The Morgan fingerprint density at radius 3 is 3.00 bits per heavy atom. The van der Waals surface area contributed by atoms with Crippen LogP contribution in [0.15, 0.2) is 30.5 Å². The van der Waals surface area contributed by atoms with Crippen LogP contribution in [0.3, 0.4) is 0 Å². The van der Waals surface area contributed by atoms with Crippen LogP contribution in [0.5, 0.6) is 0 Å². The number of rotatable bonds is 5. The number of hydrogen-bond acceptors (Lipinski definition) is 2. The quantitative estimate of drug-likeness (QED) is 0.751. The van der Waals surface area contributed by atoms with E-state index in [-0.39, 0.29) is 11.7 Å². The Labute approximate surface area is 133 Å². The van der Waals surface area contributed by atoms with Gasteiger partial charge in [0.2, 0.25) is 0 Å². The number of aryl methyl sites for hydroxylation is 2. The van der Waals surface area contributed by atoms with E-state index in [4.69, 9.17) is 0 Å². The summed E-state index contributed by atoms with van der Waals surface area (Å²) in [5, 5.41) is 7.87. The fraction of sp³-hybridized carbons (Fsp3) is 0.294. The lowest BCUT2D eigenvalue weighted by Gasteiger charge is -2.09. The van der Waals surface area contributed by atoms with Gasteiger partial charge in [-0.15, -0.1) is 0 Å². The minimum absolute atomic E-state index is 0.261. The predicted octanol–water partition coefficient (Wildman–Crippen LogP) is 3.86. The van der Waals surface area contributed by atoms with Crippen molar-refractivity contribution in [2.24, 2.45) is 0 Å². The highest BCUT2D eigenvalue weighted by molar-refractivity contribution is 6.05. The van der Waals surface area contributed by atoms with Crippen molar-refractivity contribution in [3.63, 3.8) is 0 Å². The van der Waals surface area contributed by atoms with Gasteiger partial charge in [0.1, 0.15) is 17.3 Å². The first-order chi connectivity index (χ1) is 11.1. The number of carbonyl (C=O) groups excluding carboxylic acids is 1. The van der Waals surface area contributed by atoms with Crippen LogP contribution in [0.25, 0.3) is 10.9 Å². The Hall–Kier alpha value is -2.63. The molecule has 23 heavy (non-hydrogen) atoms. The third-order valence-electron chi connectivity index (χ3n) is 3.81. The molecule has 2 aromatic heterocycles. The van der Waals surface area contributed by atoms with Gasteiger partial charge in [0.25, 0.3) is 5.91 Å². The Balaban J connectivity index is 1.84. The van der Waals surface area contributed by atoms with E-state index in [2.05, 4.69) is 22.3 Å². The maximum absolute atomic E-state index is 13.3. The molecule has 6 heteroatoms. The van der Waals surface area contributed by atoms with Crippen LogP contribution in [0, 0.1) is 12.7 Å². The van der Waals surface area contributed by atoms with Crippen molar-refractivity contribution in [3.8, 4) is 0 Å². The third-order valence-corrected chi connectivity index (χ3v) is 3.81. The van der Waals surface area contributed by atoms with Crippen LogP contribution in [0.4, 0.5) is 10.2 Å². The van der Waals surface area contributed by atoms with Crippen molar-refractivity contribution in [1.29, 1.82) is 0 Å². The zero-order valence-corrected chi connectivity index (χ0v) is 13.2. The summed E-state index contributed by atoms with van der Waals surface area (Å²) in [5.74, 6) is 0.119. The van der Waals surface area contributed by atoms with Gasteiger partial charge in [0, 0.05) is 23.0 Å². The standard InChI is InChI=1S/C17H19FN4O/c1-3-4-7-22-16(11(2)10-19-22)21-17(23)15-9-12-8-13(18)5-6-14(12)20-15/h5-6,8-10,20H,3-4,7H2,1-2H3,(H,21,23). The summed E-state index contributed by atoms with van der Waals surface area (Å²) in [6.07, 6.45) is 3.79.